The molecule has 0 aromatic heterocycles. The third kappa shape index (κ3) is 9.16. The van der Waals surface area contributed by atoms with Crippen LogP contribution in [0.4, 0.5) is 22.7 Å². The monoisotopic (exact) mass is 794 g/mol. The summed E-state index contributed by atoms with van der Waals surface area (Å²) in [6.07, 6.45) is 13.2. The quantitative estimate of drug-likeness (QED) is 0.107. The van der Waals surface area contributed by atoms with E-state index in [2.05, 4.69) is 289 Å². The van der Waals surface area contributed by atoms with Crippen molar-refractivity contribution in [1.82, 2.24) is 0 Å². The van der Waals surface area contributed by atoms with E-state index in [4.69, 9.17) is 0 Å². The second-order valence-electron chi connectivity index (χ2n) is 15.0. The van der Waals surface area contributed by atoms with Crippen molar-refractivity contribution in [3.63, 3.8) is 0 Å². The Hall–Kier alpha value is -8.20. The predicted molar refractivity (Wildman–Crippen MR) is 266 cm³/mol. The minimum absolute atomic E-state index is 1.08. The number of hydrogen-bond donors (Lipinski definition) is 0. The summed E-state index contributed by atoms with van der Waals surface area (Å²) in [5.41, 5.74) is 13.6. The fraction of sp³-hybridized carbons (Fsp3) is 0. The zero-order chi connectivity index (χ0) is 41.8. The molecule has 62 heavy (non-hydrogen) atoms. The molecule has 0 unspecified atom stereocenters. The highest BCUT2D eigenvalue weighted by Crippen LogP contribution is 2.38. The van der Waals surface area contributed by atoms with Crippen molar-refractivity contribution in [1.29, 1.82) is 0 Å². The highest BCUT2D eigenvalue weighted by atomic mass is 15.1. The van der Waals surface area contributed by atoms with Gasteiger partial charge in [-0.25, -0.2) is 0 Å². The molecule has 9 rings (SSSR count). The van der Waals surface area contributed by atoms with Crippen molar-refractivity contribution in [3.05, 3.63) is 301 Å². The Morgan fingerprint density at radius 3 is 1.15 bits per heavy atom. The zero-order valence-electron chi connectivity index (χ0n) is 34.5. The molecule has 0 N–H and O–H groups in total. The lowest BCUT2D eigenvalue weighted by Gasteiger charge is -2.25. The van der Waals surface area contributed by atoms with Crippen molar-refractivity contribution < 1.29 is 0 Å². The lowest BCUT2D eigenvalue weighted by atomic mass is 9.97. The number of nitrogens with zero attached hydrogens (tertiary/aromatic N) is 2. The molecule has 0 spiro atoms. The molecule has 0 aliphatic heterocycles. The molecule has 2 heteroatoms. The van der Waals surface area contributed by atoms with Gasteiger partial charge in [-0.3, -0.25) is 0 Å². The van der Waals surface area contributed by atoms with Crippen molar-refractivity contribution in [2.24, 2.45) is 0 Å². The van der Waals surface area contributed by atoms with Crippen LogP contribution in [0.1, 0.15) is 33.4 Å². The largest absolute Gasteiger partial charge is 0.317 e. The van der Waals surface area contributed by atoms with Crippen molar-refractivity contribution in [3.8, 4) is 0 Å². The number of fused-ring (bicyclic) bond motifs is 1. The molecule has 0 aliphatic carbocycles. The zero-order valence-corrected chi connectivity index (χ0v) is 34.5. The maximum Gasteiger partial charge on any atom is 0.0534 e. The van der Waals surface area contributed by atoms with Crippen molar-refractivity contribution in [2.45, 2.75) is 0 Å². The number of para-hydroxylation sites is 2. The molecule has 0 fully saturated rings. The van der Waals surface area contributed by atoms with Crippen molar-refractivity contribution in [2.75, 3.05) is 9.80 Å². The Balaban J connectivity index is 1.02. The SMILES string of the molecule is C(=C(c1ccccc1)c1ccccc1)N(c1ccccc1)c1ccc(/C=C/C=C/c2ccc(N(C=C(c3ccccc3)c3ccccc3)c3ccccc3)c3ccccc23)cc1. The first-order valence-corrected chi connectivity index (χ1v) is 21.1. The van der Waals surface area contributed by atoms with Gasteiger partial charge in [-0.2, -0.15) is 0 Å². The Bertz CT molecular complexity index is 2870. The molecule has 0 amide bonds. The maximum absolute atomic E-state index is 2.33. The van der Waals surface area contributed by atoms with E-state index in [0.29, 0.717) is 0 Å². The molecular formula is C60H46N2. The Morgan fingerprint density at radius 2 is 0.661 bits per heavy atom. The summed E-state index contributed by atoms with van der Waals surface area (Å²) in [4.78, 5) is 4.60. The number of benzene rings is 9. The minimum atomic E-state index is 1.08. The van der Waals surface area contributed by atoms with Crippen LogP contribution in [-0.2, 0) is 0 Å². The van der Waals surface area contributed by atoms with Crippen LogP contribution in [0, 0.1) is 0 Å². The Labute approximate surface area is 365 Å². The van der Waals surface area contributed by atoms with Crippen LogP contribution in [0.25, 0.3) is 34.1 Å². The number of allylic oxidation sites excluding steroid dienone is 2. The van der Waals surface area contributed by atoms with Crippen LogP contribution in [0.2, 0.25) is 0 Å². The molecule has 9 aromatic carbocycles. The van der Waals surface area contributed by atoms with Crippen LogP contribution < -0.4 is 9.80 Å². The van der Waals surface area contributed by atoms with Gasteiger partial charge < -0.3 is 9.80 Å². The van der Waals surface area contributed by atoms with Gasteiger partial charge in [0.1, 0.15) is 0 Å². The molecule has 0 saturated carbocycles. The van der Waals surface area contributed by atoms with Gasteiger partial charge in [0, 0.05) is 46.0 Å². The van der Waals surface area contributed by atoms with Crippen LogP contribution in [0.5, 0.6) is 0 Å². The second-order valence-corrected chi connectivity index (χ2v) is 15.0. The van der Waals surface area contributed by atoms with Gasteiger partial charge in [-0.05, 0) is 81.2 Å². The molecule has 0 aliphatic rings. The van der Waals surface area contributed by atoms with Gasteiger partial charge in [-0.15, -0.1) is 0 Å². The average molecular weight is 795 g/mol. The molecule has 0 saturated heterocycles. The van der Waals surface area contributed by atoms with Crippen LogP contribution in [0.3, 0.4) is 0 Å². The average Bonchev–Trinajstić information content (AvgIpc) is 3.35. The van der Waals surface area contributed by atoms with E-state index in [0.717, 1.165) is 56.1 Å². The third-order valence-corrected chi connectivity index (χ3v) is 11.0. The normalized spacial score (nSPS) is 11.1. The smallest absolute Gasteiger partial charge is 0.0534 e. The summed E-state index contributed by atoms with van der Waals surface area (Å²) >= 11 is 0. The lowest BCUT2D eigenvalue weighted by molar-refractivity contribution is 1.28. The van der Waals surface area contributed by atoms with Gasteiger partial charge in [-0.1, -0.05) is 224 Å². The van der Waals surface area contributed by atoms with E-state index in [9.17, 15) is 0 Å². The van der Waals surface area contributed by atoms with E-state index in [-0.39, 0.29) is 0 Å². The minimum Gasteiger partial charge on any atom is -0.317 e. The first kappa shape index (κ1) is 39.3. The molecule has 296 valence electrons. The van der Waals surface area contributed by atoms with Gasteiger partial charge in [0.2, 0.25) is 0 Å². The van der Waals surface area contributed by atoms with Crippen LogP contribution in [0.15, 0.2) is 267 Å². The van der Waals surface area contributed by atoms with E-state index in [1.54, 1.807) is 0 Å². The Kier molecular flexibility index (Phi) is 12.2. The third-order valence-electron chi connectivity index (χ3n) is 11.0. The standard InChI is InChI=1S/C60H46N2/c1-7-24-48(25-8-1)58(49-26-9-2-10-27-49)45-61(53-33-15-5-16-34-53)55-42-39-47(40-43-55)23-19-20-32-52-41-44-60(57-38-22-21-37-56(52)57)62(54-35-17-6-18-36-54)46-59(50-28-11-3-12-29-50)51-30-13-4-14-31-51/h1-46H/b23-19+,32-20+. The molecule has 0 heterocycles. The molecule has 0 radical (unpaired) electrons. The Morgan fingerprint density at radius 1 is 0.290 bits per heavy atom. The van der Waals surface area contributed by atoms with Crippen LogP contribution >= 0.6 is 0 Å². The van der Waals surface area contributed by atoms with Gasteiger partial charge in [0.05, 0.1) is 5.69 Å². The van der Waals surface area contributed by atoms with Gasteiger partial charge >= 0.3 is 0 Å². The predicted octanol–water partition coefficient (Wildman–Crippen LogP) is 16.0. The highest BCUT2D eigenvalue weighted by molar-refractivity contribution is 6.02. The van der Waals surface area contributed by atoms with Gasteiger partial charge in [0.15, 0.2) is 0 Å². The topological polar surface area (TPSA) is 6.48 Å². The second kappa shape index (κ2) is 19.2. The van der Waals surface area contributed by atoms with Gasteiger partial charge in [0.25, 0.3) is 0 Å². The molecule has 2 nitrogen and oxygen atoms in total. The fourth-order valence-corrected chi connectivity index (χ4v) is 7.85. The number of hydrogen-bond acceptors (Lipinski definition) is 2. The highest BCUT2D eigenvalue weighted by Gasteiger charge is 2.16. The van der Waals surface area contributed by atoms with Crippen molar-refractivity contribution >= 4 is 56.8 Å². The molecular weight excluding hydrogens is 749 g/mol. The van der Waals surface area contributed by atoms with Crippen LogP contribution in [-0.4, -0.2) is 0 Å². The summed E-state index contributed by atoms with van der Waals surface area (Å²) in [5, 5.41) is 2.36. The number of anilines is 4. The number of rotatable bonds is 13. The molecule has 0 atom stereocenters. The maximum atomic E-state index is 2.33. The summed E-state index contributed by atoms with van der Waals surface area (Å²) in [5.74, 6) is 0. The van der Waals surface area contributed by atoms with E-state index in [1.165, 1.54) is 21.9 Å². The summed E-state index contributed by atoms with van der Waals surface area (Å²) in [6, 6.07) is 85.6. The fourth-order valence-electron chi connectivity index (χ4n) is 7.85. The molecule has 9 aromatic rings. The first-order chi connectivity index (χ1) is 30.8. The van der Waals surface area contributed by atoms with E-state index >= 15 is 0 Å². The lowest BCUT2D eigenvalue weighted by Crippen LogP contribution is -2.11. The first-order valence-electron chi connectivity index (χ1n) is 21.1. The van der Waals surface area contributed by atoms with E-state index < -0.39 is 0 Å². The summed E-state index contributed by atoms with van der Waals surface area (Å²) < 4.78 is 0. The van der Waals surface area contributed by atoms with E-state index in [1.807, 2.05) is 0 Å². The molecule has 0 bridgehead atoms. The summed E-state index contributed by atoms with van der Waals surface area (Å²) in [6.45, 7) is 0. The summed E-state index contributed by atoms with van der Waals surface area (Å²) in [7, 11) is 0.